The normalized spacial score (nSPS) is 23.2. The van der Waals surface area contributed by atoms with Gasteiger partial charge in [0.25, 0.3) is 5.91 Å². The van der Waals surface area contributed by atoms with E-state index in [1.165, 1.54) is 36.1 Å². The second kappa shape index (κ2) is 10.3. The van der Waals surface area contributed by atoms with Crippen molar-refractivity contribution in [3.8, 4) is 0 Å². The zero-order chi connectivity index (χ0) is 25.9. The van der Waals surface area contributed by atoms with E-state index in [0.717, 1.165) is 27.7 Å². The molecule has 4 heterocycles. The molecule has 36 heavy (non-hydrogen) atoms. The minimum Gasteiger partial charge on any atom is -0.481 e. The van der Waals surface area contributed by atoms with Gasteiger partial charge >= 0.3 is 12.1 Å². The molecule has 0 bridgehead atoms. The Labute approximate surface area is 210 Å². The lowest BCUT2D eigenvalue weighted by molar-refractivity contribution is -0.160. The molecule has 4 rings (SSSR count). The van der Waals surface area contributed by atoms with Crippen molar-refractivity contribution in [2.24, 2.45) is 10.6 Å². The number of thioether (sulfide) groups is 1. The highest BCUT2D eigenvalue weighted by Gasteiger charge is 2.58. The van der Waals surface area contributed by atoms with Crippen LogP contribution in [0.15, 0.2) is 29.3 Å². The second-order valence-corrected chi connectivity index (χ2v) is 9.61. The van der Waals surface area contributed by atoms with Crippen molar-refractivity contribution in [2.45, 2.75) is 11.4 Å². The molecule has 17 heteroatoms. The van der Waals surface area contributed by atoms with Gasteiger partial charge in [0.15, 0.2) is 10.8 Å². The Morgan fingerprint density at radius 2 is 2.22 bits per heavy atom. The number of imidazole rings is 1. The third-order valence-electron chi connectivity index (χ3n) is 5.40. The van der Waals surface area contributed by atoms with Gasteiger partial charge < -0.3 is 30.2 Å². The van der Waals surface area contributed by atoms with Crippen molar-refractivity contribution < 1.29 is 38.7 Å². The molecule has 2 aromatic rings. The van der Waals surface area contributed by atoms with Crippen LogP contribution in [0, 0.1) is 5.41 Å². The predicted octanol–water partition coefficient (Wildman–Crippen LogP) is -0.586. The summed E-state index contributed by atoms with van der Waals surface area (Å²) in [6.45, 7) is -0.653. The van der Waals surface area contributed by atoms with Gasteiger partial charge in [0.1, 0.15) is 42.6 Å². The molecule has 3 atom stereocenters. The van der Waals surface area contributed by atoms with Crippen LogP contribution in [0.1, 0.15) is 5.69 Å². The van der Waals surface area contributed by atoms with E-state index in [1.807, 2.05) is 0 Å². The van der Waals surface area contributed by atoms with Gasteiger partial charge in [-0.3, -0.25) is 19.2 Å². The fraction of sp³-hybridized carbons (Fsp3) is 0.368. The average Bonchev–Trinajstić information content (AvgIpc) is 3.57. The number of hydrogen-bond acceptors (Lipinski definition) is 12. The molecule has 2 unspecified atom stereocenters. The smallest absolute Gasteiger partial charge is 0.419 e. The van der Waals surface area contributed by atoms with Crippen LogP contribution in [-0.4, -0.2) is 98.0 Å². The number of fused-ring (bicyclic) bond motifs is 1. The van der Waals surface area contributed by atoms with Gasteiger partial charge in [0.05, 0.1) is 0 Å². The van der Waals surface area contributed by atoms with Crippen molar-refractivity contribution >= 4 is 64.2 Å². The molecule has 2 aliphatic heterocycles. The largest absolute Gasteiger partial charge is 0.481 e. The minimum atomic E-state index is -1.52. The summed E-state index contributed by atoms with van der Waals surface area (Å²) >= 11 is 2.21. The molecule has 0 radical (unpaired) electrons. The lowest BCUT2D eigenvalue weighted by atomic mass is 9.88. The zero-order valence-electron chi connectivity index (χ0n) is 18.5. The first-order chi connectivity index (χ1) is 17.3. The summed E-state index contributed by atoms with van der Waals surface area (Å²) in [6, 6.07) is -0.934. The lowest BCUT2D eigenvalue weighted by Gasteiger charge is -2.53. The number of amides is 3. The van der Waals surface area contributed by atoms with Crippen LogP contribution in [0.2, 0.25) is 0 Å². The van der Waals surface area contributed by atoms with Crippen LogP contribution >= 0.6 is 23.1 Å². The molecule has 3 N–H and O–H groups in total. The van der Waals surface area contributed by atoms with Gasteiger partial charge in [-0.05, 0) is 0 Å². The van der Waals surface area contributed by atoms with Gasteiger partial charge in [0.2, 0.25) is 12.3 Å². The maximum Gasteiger partial charge on any atom is 0.419 e. The predicted molar refractivity (Wildman–Crippen MR) is 124 cm³/mol. The van der Waals surface area contributed by atoms with E-state index in [4.69, 9.17) is 9.57 Å². The van der Waals surface area contributed by atoms with Crippen molar-refractivity contribution in [1.82, 2.24) is 24.8 Å². The average molecular weight is 538 g/mol. The quantitative estimate of drug-likeness (QED) is 0.160. The van der Waals surface area contributed by atoms with Crippen molar-refractivity contribution in [3.63, 3.8) is 0 Å². The summed E-state index contributed by atoms with van der Waals surface area (Å²) in [7, 11) is 1.24. The lowest BCUT2D eigenvalue weighted by Crippen LogP contribution is -2.74. The van der Waals surface area contributed by atoms with Gasteiger partial charge in [-0.25, -0.2) is 19.3 Å². The Hall–Kier alpha value is -3.99. The fourth-order valence-corrected chi connectivity index (χ4v) is 5.73. The van der Waals surface area contributed by atoms with Crippen molar-refractivity contribution in [2.75, 3.05) is 31.3 Å². The third kappa shape index (κ3) is 4.74. The number of rotatable bonds is 9. The number of nitrogens with zero attached hydrogens (tertiary/aromatic N) is 5. The van der Waals surface area contributed by atoms with Crippen LogP contribution in [-0.2, 0) is 28.8 Å². The fourth-order valence-electron chi connectivity index (χ4n) is 3.55. The van der Waals surface area contributed by atoms with E-state index < -0.39 is 47.3 Å². The first kappa shape index (κ1) is 25.1. The number of aromatic nitrogens is 3. The molecule has 2 aliphatic rings. The molecular formula is C19H19N7O8S2. The SMILES string of the molecule is CON=C(C(=O)NC1C(=O)N2CC(COC(=O)n3ccnc3)(C(=O)O)CS[C@H]12)c1csc(NC=O)n1. The van der Waals surface area contributed by atoms with Gasteiger partial charge in [-0.2, -0.15) is 0 Å². The van der Waals surface area contributed by atoms with Crippen LogP contribution < -0.4 is 10.6 Å². The number of carboxylic acid groups (broad SMARTS) is 1. The van der Waals surface area contributed by atoms with Crippen molar-refractivity contribution in [1.29, 1.82) is 0 Å². The topological polar surface area (TPSA) is 194 Å². The number of ether oxygens (including phenoxy) is 1. The number of carbonyl (C=O) groups excluding carboxylic acids is 4. The minimum absolute atomic E-state index is 0.0339. The number of thiazole rings is 1. The molecule has 0 saturated carbocycles. The maximum atomic E-state index is 12.9. The molecule has 190 valence electrons. The Balaban J connectivity index is 1.41. The molecule has 2 aromatic heterocycles. The molecule has 15 nitrogen and oxygen atoms in total. The van der Waals surface area contributed by atoms with Crippen molar-refractivity contribution in [3.05, 3.63) is 29.8 Å². The number of oxime groups is 1. The highest BCUT2D eigenvalue weighted by atomic mass is 32.2. The molecule has 2 saturated heterocycles. The Morgan fingerprint density at radius 3 is 2.89 bits per heavy atom. The van der Waals surface area contributed by atoms with Gasteiger partial charge in [-0.1, -0.05) is 5.16 Å². The maximum absolute atomic E-state index is 12.9. The van der Waals surface area contributed by atoms with E-state index in [0.29, 0.717) is 6.41 Å². The summed E-state index contributed by atoms with van der Waals surface area (Å²) < 4.78 is 6.23. The number of hydrogen-bond donors (Lipinski definition) is 3. The molecule has 0 aliphatic carbocycles. The van der Waals surface area contributed by atoms with E-state index in [-0.39, 0.29) is 28.8 Å². The van der Waals surface area contributed by atoms with Crippen LogP contribution in [0.3, 0.4) is 0 Å². The number of carboxylic acids is 1. The number of β-lactam (4-membered cyclic amide) rings is 1. The van der Waals surface area contributed by atoms with Crippen LogP contribution in [0.25, 0.3) is 0 Å². The first-order valence-electron chi connectivity index (χ1n) is 10.2. The monoisotopic (exact) mass is 537 g/mol. The summed E-state index contributed by atoms with van der Waals surface area (Å²) in [5.74, 6) is -2.41. The summed E-state index contributed by atoms with van der Waals surface area (Å²) in [5, 5.41) is 19.7. The Morgan fingerprint density at radius 1 is 1.42 bits per heavy atom. The van der Waals surface area contributed by atoms with Crippen LogP contribution in [0.5, 0.6) is 0 Å². The number of carbonyl (C=O) groups is 5. The molecular weight excluding hydrogens is 518 g/mol. The Kier molecular flexibility index (Phi) is 7.20. The van der Waals surface area contributed by atoms with Crippen LogP contribution in [0.4, 0.5) is 9.93 Å². The highest BCUT2D eigenvalue weighted by Crippen LogP contribution is 2.42. The molecule has 0 spiro atoms. The Bertz CT molecular complexity index is 1220. The van der Waals surface area contributed by atoms with E-state index in [9.17, 15) is 29.1 Å². The van der Waals surface area contributed by atoms with E-state index >= 15 is 0 Å². The van der Waals surface area contributed by atoms with E-state index in [2.05, 4.69) is 25.8 Å². The number of nitrogens with one attached hydrogen (secondary N) is 2. The summed E-state index contributed by atoms with van der Waals surface area (Å²) in [6.07, 6.45) is 3.60. The van der Waals surface area contributed by atoms with Gasteiger partial charge in [0, 0.05) is 30.1 Å². The number of anilines is 1. The molecule has 2 fully saturated rings. The molecule has 3 amide bonds. The van der Waals surface area contributed by atoms with E-state index in [1.54, 1.807) is 0 Å². The number of aliphatic carboxylic acids is 1. The summed E-state index contributed by atoms with van der Waals surface area (Å²) in [4.78, 5) is 74.3. The van der Waals surface area contributed by atoms with Gasteiger partial charge in [-0.15, -0.1) is 23.1 Å². The third-order valence-corrected chi connectivity index (χ3v) is 7.76. The zero-order valence-corrected chi connectivity index (χ0v) is 20.2. The second-order valence-electron chi connectivity index (χ2n) is 7.65. The standard InChI is InChI=1S/C19H19N7O8S2/c1-33-24-11(10-4-35-17(22-10)21-9-27)13(28)23-12-14(29)26-5-19(16(30)31,7-36-15(12)26)6-34-18(32)25-3-2-20-8-25/h2-4,8-9,12,15H,5-7H2,1H3,(H,23,28)(H,30,31)(H,21,22,27)/t12?,15-,19?/m1/s1. The highest BCUT2D eigenvalue weighted by molar-refractivity contribution is 8.00. The molecule has 0 aromatic carbocycles. The first-order valence-corrected chi connectivity index (χ1v) is 12.1. The summed E-state index contributed by atoms with van der Waals surface area (Å²) in [5.41, 5.74) is -1.59.